The predicted octanol–water partition coefficient (Wildman–Crippen LogP) is 2.30. The highest BCUT2D eigenvalue weighted by Gasteiger charge is 2.15. The van der Waals surface area contributed by atoms with Crippen molar-refractivity contribution in [2.45, 2.75) is 52.5 Å². The molecule has 0 spiro atoms. The van der Waals surface area contributed by atoms with Crippen LogP contribution >= 0.6 is 11.3 Å². The second kappa shape index (κ2) is 10.3. The fourth-order valence-corrected chi connectivity index (χ4v) is 3.43. The molecule has 0 aliphatic carbocycles. The Morgan fingerprint density at radius 2 is 2.25 bits per heavy atom. The second-order valence-electron chi connectivity index (χ2n) is 6.03. The number of hydrogen-bond acceptors (Lipinski definition) is 4. The van der Waals surface area contributed by atoms with E-state index in [2.05, 4.69) is 34.5 Å². The molecule has 24 heavy (non-hydrogen) atoms. The Bertz CT molecular complexity index is 543. The van der Waals surface area contributed by atoms with Gasteiger partial charge in [0.1, 0.15) is 5.01 Å². The Morgan fingerprint density at radius 1 is 1.38 bits per heavy atom. The van der Waals surface area contributed by atoms with Gasteiger partial charge in [-0.2, -0.15) is 0 Å². The van der Waals surface area contributed by atoms with E-state index in [9.17, 15) is 4.79 Å². The van der Waals surface area contributed by atoms with E-state index < -0.39 is 0 Å². The Hall–Kier alpha value is -1.63. The van der Waals surface area contributed by atoms with Crippen molar-refractivity contribution in [1.82, 2.24) is 20.5 Å². The van der Waals surface area contributed by atoms with Crippen LogP contribution in [0.1, 0.15) is 48.9 Å². The zero-order chi connectivity index (χ0) is 17.2. The summed E-state index contributed by atoms with van der Waals surface area (Å²) < 4.78 is 0. The molecule has 0 radical (unpaired) electrons. The third-order valence-corrected chi connectivity index (χ3v) is 4.85. The van der Waals surface area contributed by atoms with E-state index in [1.165, 1.54) is 11.3 Å². The summed E-state index contributed by atoms with van der Waals surface area (Å²) in [7, 11) is 0. The molecular weight excluding hydrogens is 322 g/mol. The standard InChI is InChI=1S/C17H29N5OS/c1-3-18-17(21-13-15-20-12-14(2)24-15)19-9-7-11-22-10-6-4-5-8-16(22)23/h12H,3-11,13H2,1-2H3,(H2,18,19,21). The normalized spacial score (nSPS) is 16.2. The molecule has 134 valence electrons. The Labute approximate surface area is 148 Å². The minimum atomic E-state index is 0.312. The lowest BCUT2D eigenvalue weighted by Crippen LogP contribution is -2.39. The average molecular weight is 352 g/mol. The van der Waals surface area contributed by atoms with Crippen LogP contribution in [0.3, 0.4) is 0 Å². The zero-order valence-electron chi connectivity index (χ0n) is 14.8. The second-order valence-corrected chi connectivity index (χ2v) is 7.35. The van der Waals surface area contributed by atoms with Crippen LogP contribution in [0, 0.1) is 6.92 Å². The van der Waals surface area contributed by atoms with E-state index in [0.717, 1.165) is 56.4 Å². The van der Waals surface area contributed by atoms with Crippen LogP contribution < -0.4 is 10.6 Å². The summed E-state index contributed by atoms with van der Waals surface area (Å²) in [6.45, 7) is 8.09. The van der Waals surface area contributed by atoms with Crippen LogP contribution in [0.2, 0.25) is 0 Å². The quantitative estimate of drug-likeness (QED) is 0.449. The first-order chi connectivity index (χ1) is 11.7. The highest BCUT2D eigenvalue weighted by atomic mass is 32.1. The van der Waals surface area contributed by atoms with Gasteiger partial charge in [-0.15, -0.1) is 11.3 Å². The lowest BCUT2D eigenvalue weighted by Gasteiger charge is -2.20. The monoisotopic (exact) mass is 351 g/mol. The SMILES string of the molecule is CCNC(=NCc1ncc(C)s1)NCCCN1CCCCCC1=O. The van der Waals surface area contributed by atoms with Crippen LogP contribution in [0.15, 0.2) is 11.2 Å². The molecule has 2 N–H and O–H groups in total. The number of nitrogens with zero attached hydrogens (tertiary/aromatic N) is 3. The molecule has 0 saturated carbocycles. The lowest BCUT2D eigenvalue weighted by atomic mass is 10.2. The van der Waals surface area contributed by atoms with E-state index in [1.807, 2.05) is 11.1 Å². The fraction of sp³-hybridized carbons (Fsp3) is 0.706. The van der Waals surface area contributed by atoms with Gasteiger partial charge in [-0.25, -0.2) is 9.98 Å². The number of amides is 1. The molecule has 0 bridgehead atoms. The topological polar surface area (TPSA) is 69.6 Å². The molecule has 0 atom stereocenters. The highest BCUT2D eigenvalue weighted by molar-refractivity contribution is 7.11. The minimum Gasteiger partial charge on any atom is -0.357 e. The molecule has 1 aliphatic rings. The van der Waals surface area contributed by atoms with Gasteiger partial charge in [0.05, 0.1) is 6.54 Å². The summed E-state index contributed by atoms with van der Waals surface area (Å²) in [4.78, 5) is 24.1. The third kappa shape index (κ3) is 6.47. The number of rotatable bonds is 7. The molecular formula is C17H29N5OS. The van der Waals surface area contributed by atoms with Crippen molar-refractivity contribution in [3.05, 3.63) is 16.1 Å². The van der Waals surface area contributed by atoms with Gasteiger partial charge in [-0.3, -0.25) is 4.79 Å². The fourth-order valence-electron chi connectivity index (χ4n) is 2.71. The van der Waals surface area contributed by atoms with E-state index in [0.29, 0.717) is 18.9 Å². The summed E-state index contributed by atoms with van der Waals surface area (Å²) in [6.07, 6.45) is 6.89. The molecule has 7 heteroatoms. The number of likely N-dealkylation sites (tertiary alicyclic amines) is 1. The van der Waals surface area contributed by atoms with Gasteiger partial charge in [-0.05, 0) is 33.1 Å². The van der Waals surface area contributed by atoms with E-state index in [4.69, 9.17) is 0 Å². The van der Waals surface area contributed by atoms with Crippen molar-refractivity contribution in [2.75, 3.05) is 26.2 Å². The van der Waals surface area contributed by atoms with Crippen molar-refractivity contribution < 1.29 is 4.79 Å². The van der Waals surface area contributed by atoms with Gasteiger partial charge in [0.2, 0.25) is 5.91 Å². The number of thiazole rings is 1. The molecule has 1 saturated heterocycles. The van der Waals surface area contributed by atoms with Gasteiger partial charge >= 0.3 is 0 Å². The van der Waals surface area contributed by atoms with E-state index in [-0.39, 0.29) is 0 Å². The smallest absolute Gasteiger partial charge is 0.222 e. The summed E-state index contributed by atoms with van der Waals surface area (Å²) >= 11 is 1.68. The molecule has 1 amide bonds. The van der Waals surface area contributed by atoms with Gasteiger partial charge in [0.25, 0.3) is 0 Å². The lowest BCUT2D eigenvalue weighted by molar-refractivity contribution is -0.130. The summed E-state index contributed by atoms with van der Waals surface area (Å²) in [6, 6.07) is 0. The Kier molecular flexibility index (Phi) is 8.01. The maximum Gasteiger partial charge on any atom is 0.222 e. The summed E-state index contributed by atoms with van der Waals surface area (Å²) in [5.41, 5.74) is 0. The maximum absolute atomic E-state index is 12.0. The number of guanidine groups is 1. The van der Waals surface area contributed by atoms with Crippen LogP contribution in [0.25, 0.3) is 0 Å². The number of carbonyl (C=O) groups excluding carboxylic acids is 1. The molecule has 2 heterocycles. The van der Waals surface area contributed by atoms with Crippen molar-refractivity contribution in [1.29, 1.82) is 0 Å². The number of aryl methyl sites for hydroxylation is 1. The van der Waals surface area contributed by atoms with Crippen molar-refractivity contribution in [3.63, 3.8) is 0 Å². The summed E-state index contributed by atoms with van der Waals surface area (Å²) in [5.74, 6) is 1.12. The molecule has 0 unspecified atom stereocenters. The predicted molar refractivity (Wildman–Crippen MR) is 99.3 cm³/mol. The van der Waals surface area contributed by atoms with Crippen LogP contribution in [0.4, 0.5) is 0 Å². The highest BCUT2D eigenvalue weighted by Crippen LogP contribution is 2.12. The molecule has 1 aromatic heterocycles. The van der Waals surface area contributed by atoms with Crippen molar-refractivity contribution in [3.8, 4) is 0 Å². The Morgan fingerprint density at radius 3 is 3.00 bits per heavy atom. The largest absolute Gasteiger partial charge is 0.357 e. The van der Waals surface area contributed by atoms with E-state index in [1.54, 1.807) is 11.3 Å². The molecule has 1 aliphatic heterocycles. The molecule has 6 nitrogen and oxygen atoms in total. The molecule has 2 rings (SSSR count). The number of aliphatic imine (C=N–C) groups is 1. The third-order valence-electron chi connectivity index (χ3n) is 3.95. The maximum atomic E-state index is 12.0. The number of nitrogens with one attached hydrogen (secondary N) is 2. The van der Waals surface area contributed by atoms with Gasteiger partial charge in [0.15, 0.2) is 5.96 Å². The minimum absolute atomic E-state index is 0.312. The van der Waals surface area contributed by atoms with E-state index >= 15 is 0 Å². The van der Waals surface area contributed by atoms with Crippen LogP contribution in [0.5, 0.6) is 0 Å². The first kappa shape index (κ1) is 18.7. The summed E-state index contributed by atoms with van der Waals surface area (Å²) in [5, 5.41) is 7.63. The molecule has 1 fully saturated rings. The number of hydrogen-bond donors (Lipinski definition) is 2. The van der Waals surface area contributed by atoms with Gasteiger partial charge < -0.3 is 15.5 Å². The number of carbonyl (C=O) groups is 1. The van der Waals surface area contributed by atoms with Gasteiger partial charge in [-0.1, -0.05) is 6.42 Å². The van der Waals surface area contributed by atoms with Crippen LogP contribution in [-0.2, 0) is 11.3 Å². The first-order valence-electron chi connectivity index (χ1n) is 8.90. The number of aromatic nitrogens is 1. The molecule has 1 aromatic rings. The zero-order valence-corrected chi connectivity index (χ0v) is 15.6. The Balaban J connectivity index is 1.73. The van der Waals surface area contributed by atoms with Crippen LogP contribution in [-0.4, -0.2) is 47.9 Å². The van der Waals surface area contributed by atoms with Crippen molar-refractivity contribution >= 4 is 23.2 Å². The molecule has 0 aromatic carbocycles. The van der Waals surface area contributed by atoms with Crippen molar-refractivity contribution in [2.24, 2.45) is 4.99 Å². The first-order valence-corrected chi connectivity index (χ1v) is 9.72. The average Bonchev–Trinajstić information content (AvgIpc) is 2.87. The van der Waals surface area contributed by atoms with Gasteiger partial charge in [0, 0.05) is 43.7 Å².